The number of carbonyl (C=O) groups excluding carboxylic acids is 2. The number of anilines is 1. The summed E-state index contributed by atoms with van der Waals surface area (Å²) < 4.78 is 31.2. The maximum atomic E-state index is 14.1. The Balaban J connectivity index is 1.56. The molecule has 2 amide bonds. The highest BCUT2D eigenvalue weighted by Gasteiger charge is 2.27. The Morgan fingerprint density at radius 3 is 2.51 bits per heavy atom. The standard InChI is InChI=1S/C30H26F2N8O2S/c1-5-40-13-20(14(2)38-40)22-11-18(16-8-6-7-9-21(16)35-22)29(42)37-25-24-17(19-12-34-39(4)15(19)3)10-23(27(31)32)36-30(24)43-26(25)28(33)41/h6-13,27H,5H2,1-4H3,(H2,33,41)(H,37,42). The fourth-order valence-electron chi connectivity index (χ4n) is 5.11. The van der Waals surface area contributed by atoms with E-state index in [1.54, 1.807) is 47.7 Å². The number of aromatic nitrogens is 6. The van der Waals surface area contributed by atoms with E-state index < -0.39 is 23.9 Å². The lowest BCUT2D eigenvalue weighted by atomic mass is 10.0. The molecule has 1 aromatic carbocycles. The summed E-state index contributed by atoms with van der Waals surface area (Å²) in [5.41, 5.74) is 9.97. The molecule has 6 rings (SSSR count). The van der Waals surface area contributed by atoms with Gasteiger partial charge in [-0.2, -0.15) is 10.2 Å². The molecule has 0 aliphatic carbocycles. The van der Waals surface area contributed by atoms with E-state index in [0.29, 0.717) is 50.9 Å². The van der Waals surface area contributed by atoms with Gasteiger partial charge in [-0.1, -0.05) is 18.2 Å². The second-order valence-electron chi connectivity index (χ2n) is 10.0. The number of nitrogens with zero attached hydrogens (tertiary/aromatic N) is 6. The Morgan fingerprint density at radius 1 is 1.09 bits per heavy atom. The monoisotopic (exact) mass is 600 g/mol. The molecule has 13 heteroatoms. The minimum atomic E-state index is -2.86. The molecule has 6 aromatic rings. The number of aryl methyl sites for hydroxylation is 3. The number of thiophene rings is 1. The maximum absolute atomic E-state index is 14.1. The second-order valence-corrected chi connectivity index (χ2v) is 11.0. The van der Waals surface area contributed by atoms with E-state index in [1.165, 1.54) is 6.07 Å². The molecule has 3 N–H and O–H groups in total. The third-order valence-electron chi connectivity index (χ3n) is 7.40. The van der Waals surface area contributed by atoms with Crippen LogP contribution < -0.4 is 11.1 Å². The molecule has 0 radical (unpaired) electrons. The lowest BCUT2D eigenvalue weighted by Crippen LogP contribution is -2.17. The van der Waals surface area contributed by atoms with Gasteiger partial charge in [-0.25, -0.2) is 18.7 Å². The van der Waals surface area contributed by atoms with Gasteiger partial charge in [-0.15, -0.1) is 11.3 Å². The van der Waals surface area contributed by atoms with Gasteiger partial charge in [0, 0.05) is 47.4 Å². The fourth-order valence-corrected chi connectivity index (χ4v) is 6.13. The number of pyridine rings is 2. The first-order valence-corrected chi connectivity index (χ1v) is 14.2. The molecule has 0 aliphatic rings. The number of fused-ring (bicyclic) bond motifs is 2. The average molecular weight is 601 g/mol. The third kappa shape index (κ3) is 4.80. The van der Waals surface area contributed by atoms with Crippen molar-refractivity contribution in [2.45, 2.75) is 33.7 Å². The number of amides is 2. The molecule has 5 aromatic heterocycles. The van der Waals surface area contributed by atoms with Gasteiger partial charge in [0.15, 0.2) is 0 Å². The largest absolute Gasteiger partial charge is 0.365 e. The summed E-state index contributed by atoms with van der Waals surface area (Å²) in [6, 6.07) is 10.2. The van der Waals surface area contributed by atoms with Crippen molar-refractivity contribution in [3.05, 3.63) is 76.3 Å². The molecule has 0 spiro atoms. The molecule has 5 heterocycles. The van der Waals surface area contributed by atoms with Crippen LogP contribution in [-0.2, 0) is 13.6 Å². The van der Waals surface area contributed by atoms with E-state index in [1.807, 2.05) is 32.2 Å². The number of hydrogen-bond acceptors (Lipinski definition) is 7. The van der Waals surface area contributed by atoms with Gasteiger partial charge in [0.05, 0.1) is 34.4 Å². The number of nitrogens with one attached hydrogen (secondary N) is 1. The van der Waals surface area contributed by atoms with E-state index in [2.05, 4.69) is 20.5 Å². The first-order valence-electron chi connectivity index (χ1n) is 13.4. The Hall–Kier alpha value is -5.04. The number of alkyl halides is 2. The zero-order valence-electron chi connectivity index (χ0n) is 23.6. The fraction of sp³-hybridized carbons (Fsp3) is 0.200. The van der Waals surface area contributed by atoms with Crippen LogP contribution in [0.25, 0.3) is 43.5 Å². The van der Waals surface area contributed by atoms with Crippen LogP contribution in [0.5, 0.6) is 0 Å². The molecule has 0 saturated heterocycles. The van der Waals surface area contributed by atoms with Crippen LogP contribution in [0.1, 0.15) is 50.5 Å². The van der Waals surface area contributed by atoms with Crippen molar-refractivity contribution >= 4 is 50.0 Å². The first kappa shape index (κ1) is 28.1. The Bertz CT molecular complexity index is 2080. The van der Waals surface area contributed by atoms with Gasteiger partial charge >= 0.3 is 0 Å². The molecule has 0 unspecified atom stereocenters. The van der Waals surface area contributed by atoms with Gasteiger partial charge in [-0.3, -0.25) is 19.0 Å². The smallest absolute Gasteiger partial charge is 0.280 e. The number of primary amides is 1. The van der Waals surface area contributed by atoms with Crippen molar-refractivity contribution in [1.29, 1.82) is 0 Å². The van der Waals surface area contributed by atoms with Crippen LogP contribution in [0.15, 0.2) is 48.8 Å². The normalized spacial score (nSPS) is 11.6. The second kappa shape index (κ2) is 10.7. The minimum absolute atomic E-state index is 0.0105. The molecular formula is C30H26F2N8O2S. The van der Waals surface area contributed by atoms with E-state index >= 15 is 0 Å². The summed E-state index contributed by atoms with van der Waals surface area (Å²) >= 11 is 0.849. The van der Waals surface area contributed by atoms with Crippen LogP contribution in [0.2, 0.25) is 0 Å². The summed E-state index contributed by atoms with van der Waals surface area (Å²) in [4.78, 5) is 35.8. The predicted octanol–water partition coefficient (Wildman–Crippen LogP) is 6.03. The van der Waals surface area contributed by atoms with Crippen molar-refractivity contribution in [3.8, 4) is 22.4 Å². The molecule has 0 atom stereocenters. The van der Waals surface area contributed by atoms with Gasteiger partial charge in [0.25, 0.3) is 18.2 Å². The highest BCUT2D eigenvalue weighted by atomic mass is 32.1. The number of carbonyl (C=O) groups is 2. The number of rotatable bonds is 7. The third-order valence-corrected chi connectivity index (χ3v) is 8.50. The van der Waals surface area contributed by atoms with Gasteiger partial charge in [-0.05, 0) is 44.5 Å². The number of halogens is 2. The Labute approximate surface area is 248 Å². The van der Waals surface area contributed by atoms with Crippen molar-refractivity contribution in [3.63, 3.8) is 0 Å². The molecule has 43 heavy (non-hydrogen) atoms. The molecule has 0 aliphatic heterocycles. The zero-order valence-corrected chi connectivity index (χ0v) is 24.5. The van der Waals surface area contributed by atoms with Crippen LogP contribution in [0, 0.1) is 13.8 Å². The summed E-state index contributed by atoms with van der Waals surface area (Å²) in [6.07, 6.45) is 0.563. The Kier molecular flexibility index (Phi) is 6.97. The highest BCUT2D eigenvalue weighted by Crippen LogP contribution is 2.43. The quantitative estimate of drug-likeness (QED) is 0.230. The number of nitrogens with two attached hydrogens (primary N) is 1. The summed E-state index contributed by atoms with van der Waals surface area (Å²) in [5.74, 6) is -1.36. The first-order chi connectivity index (χ1) is 20.6. The lowest BCUT2D eigenvalue weighted by molar-refractivity contribution is 0.100. The van der Waals surface area contributed by atoms with Crippen LogP contribution >= 0.6 is 11.3 Å². The molecule has 0 fully saturated rings. The van der Waals surface area contributed by atoms with Gasteiger partial charge < -0.3 is 11.1 Å². The van der Waals surface area contributed by atoms with Gasteiger partial charge in [0.2, 0.25) is 0 Å². The summed E-state index contributed by atoms with van der Waals surface area (Å²) in [7, 11) is 1.73. The van der Waals surface area contributed by atoms with Crippen LogP contribution in [-0.4, -0.2) is 41.3 Å². The maximum Gasteiger partial charge on any atom is 0.280 e. The van der Waals surface area contributed by atoms with E-state index in [0.717, 1.165) is 22.6 Å². The van der Waals surface area contributed by atoms with E-state index in [9.17, 15) is 18.4 Å². The SMILES string of the molecule is CCn1cc(-c2cc(C(=O)Nc3c(C(N)=O)sc4nc(C(F)F)cc(-c5cnn(C)c5C)c34)c3ccccc3n2)c(C)n1. The number of benzene rings is 1. The Morgan fingerprint density at radius 2 is 1.86 bits per heavy atom. The minimum Gasteiger partial charge on any atom is -0.365 e. The highest BCUT2D eigenvalue weighted by molar-refractivity contribution is 7.21. The lowest BCUT2D eigenvalue weighted by Gasteiger charge is -2.13. The summed E-state index contributed by atoms with van der Waals surface area (Å²) in [6.45, 7) is 6.31. The summed E-state index contributed by atoms with van der Waals surface area (Å²) in [5, 5.41) is 12.6. The van der Waals surface area contributed by atoms with Crippen molar-refractivity contribution in [2.75, 3.05) is 5.32 Å². The van der Waals surface area contributed by atoms with Crippen molar-refractivity contribution in [1.82, 2.24) is 29.5 Å². The topological polar surface area (TPSA) is 134 Å². The average Bonchev–Trinajstić information content (AvgIpc) is 3.66. The molecular weight excluding hydrogens is 574 g/mol. The predicted molar refractivity (Wildman–Crippen MR) is 161 cm³/mol. The number of hydrogen-bond donors (Lipinski definition) is 2. The van der Waals surface area contributed by atoms with Crippen molar-refractivity contribution < 1.29 is 18.4 Å². The molecule has 0 saturated carbocycles. The molecule has 0 bridgehead atoms. The van der Waals surface area contributed by atoms with Crippen LogP contribution in [0.4, 0.5) is 14.5 Å². The van der Waals surface area contributed by atoms with E-state index in [4.69, 9.17) is 10.7 Å². The van der Waals surface area contributed by atoms with Crippen molar-refractivity contribution in [2.24, 2.45) is 12.8 Å². The molecule has 10 nitrogen and oxygen atoms in total. The zero-order chi connectivity index (χ0) is 30.6. The number of para-hydroxylation sites is 1. The van der Waals surface area contributed by atoms with Crippen LogP contribution in [0.3, 0.4) is 0 Å². The van der Waals surface area contributed by atoms with E-state index in [-0.39, 0.29) is 15.4 Å². The van der Waals surface area contributed by atoms with Gasteiger partial charge in [0.1, 0.15) is 15.4 Å². The molecule has 218 valence electrons.